The molecule has 0 radical (unpaired) electrons. The highest BCUT2D eigenvalue weighted by Gasteiger charge is 2.32. The molecule has 4 aliphatic rings. The van der Waals surface area contributed by atoms with E-state index in [0.29, 0.717) is 17.8 Å². The third-order valence-electron chi connectivity index (χ3n) is 12.0. The predicted molar refractivity (Wildman–Crippen MR) is 199 cm³/mol. The second-order valence-corrected chi connectivity index (χ2v) is 15.9. The highest BCUT2D eigenvalue weighted by atomic mass is 16.5. The summed E-state index contributed by atoms with van der Waals surface area (Å²) in [6.07, 6.45) is 13.2. The number of carbonyl (C=O) groups excluding carboxylic acids is 1. The molecule has 6 aromatic rings. The lowest BCUT2D eigenvalue weighted by molar-refractivity contribution is 0.0924. The van der Waals surface area contributed by atoms with Crippen LogP contribution < -0.4 is 0 Å². The standard InChI is InChI=1S/C21H25N3O2.C21H23N3O2/c2*1-11-18(12(2)26-24-11)15-9-16(20(25)13-5-3-4-6-13)19-17(10-15)22-21(23-19)14-7-8-14/h9-10,13-14,20,25H,3-8H2,1-2H3,(H,22,23);9-10,13-14H,3-8H2,1-2H3,(H,22,23). The van der Waals surface area contributed by atoms with E-state index >= 15 is 0 Å². The van der Waals surface area contributed by atoms with Crippen molar-refractivity contribution in [3.05, 3.63) is 69.9 Å². The van der Waals surface area contributed by atoms with Gasteiger partial charge in [-0.15, -0.1) is 0 Å². The summed E-state index contributed by atoms with van der Waals surface area (Å²) in [6, 6.07) is 8.33. The Morgan fingerprint density at radius 3 is 1.71 bits per heavy atom. The third-order valence-corrected chi connectivity index (χ3v) is 12.0. The minimum atomic E-state index is -0.462. The average Bonchev–Trinajstić information content (AvgIpc) is 3.67. The van der Waals surface area contributed by atoms with Crippen molar-refractivity contribution in [2.45, 2.75) is 123 Å². The molecule has 0 spiro atoms. The number of hydrogen-bond donors (Lipinski definition) is 3. The van der Waals surface area contributed by atoms with Crippen molar-refractivity contribution in [1.29, 1.82) is 0 Å². The number of nitrogens with zero attached hydrogens (tertiary/aromatic N) is 4. The van der Waals surface area contributed by atoms with Gasteiger partial charge in [0.25, 0.3) is 0 Å². The second kappa shape index (κ2) is 13.1. The highest BCUT2D eigenvalue weighted by Crippen LogP contribution is 2.44. The lowest BCUT2D eigenvalue weighted by Gasteiger charge is -2.19. The van der Waals surface area contributed by atoms with E-state index in [0.717, 1.165) is 129 Å². The number of Topliss-reactive ketones (excluding diaryl/α,β-unsaturated/α-hetero) is 1. The number of carbonyl (C=O) groups is 1. The normalized spacial score (nSPS) is 18.8. The van der Waals surface area contributed by atoms with Crippen molar-refractivity contribution in [3.8, 4) is 22.3 Å². The van der Waals surface area contributed by atoms with Crippen LogP contribution in [-0.2, 0) is 0 Å². The fourth-order valence-electron chi connectivity index (χ4n) is 8.83. The Kier molecular flexibility index (Phi) is 8.40. The molecule has 4 aromatic heterocycles. The summed E-state index contributed by atoms with van der Waals surface area (Å²) in [4.78, 5) is 29.9. The molecule has 0 saturated heterocycles. The van der Waals surface area contributed by atoms with Crippen LogP contribution in [0.1, 0.15) is 145 Å². The summed E-state index contributed by atoms with van der Waals surface area (Å²) in [5.41, 5.74) is 11.2. The number of aryl methyl sites for hydroxylation is 4. The van der Waals surface area contributed by atoms with Gasteiger partial charge in [-0.1, -0.05) is 36.0 Å². The summed E-state index contributed by atoms with van der Waals surface area (Å²) in [7, 11) is 0. The summed E-state index contributed by atoms with van der Waals surface area (Å²) < 4.78 is 10.7. The summed E-state index contributed by atoms with van der Waals surface area (Å²) >= 11 is 0. The van der Waals surface area contributed by atoms with Gasteiger partial charge in [-0.3, -0.25) is 4.79 Å². The fraction of sp³-hybridized carbons (Fsp3) is 0.500. The Bertz CT molecular complexity index is 2250. The Morgan fingerprint density at radius 1 is 0.692 bits per heavy atom. The van der Waals surface area contributed by atoms with Crippen LogP contribution in [0.25, 0.3) is 44.3 Å². The molecule has 52 heavy (non-hydrogen) atoms. The first-order valence-corrected chi connectivity index (χ1v) is 19.4. The molecule has 4 saturated carbocycles. The molecule has 10 nitrogen and oxygen atoms in total. The first kappa shape index (κ1) is 33.3. The van der Waals surface area contributed by atoms with Crippen LogP contribution in [0.2, 0.25) is 0 Å². The first-order valence-electron chi connectivity index (χ1n) is 19.4. The van der Waals surface area contributed by atoms with Gasteiger partial charge in [0.05, 0.1) is 39.6 Å². The van der Waals surface area contributed by atoms with Crippen LogP contribution in [0.3, 0.4) is 0 Å². The molecule has 2 aromatic carbocycles. The van der Waals surface area contributed by atoms with Crippen LogP contribution in [0.4, 0.5) is 0 Å². The molecular weight excluding hydrogens is 652 g/mol. The molecule has 4 heterocycles. The molecule has 4 aliphatic carbocycles. The van der Waals surface area contributed by atoms with E-state index < -0.39 is 6.10 Å². The van der Waals surface area contributed by atoms with Crippen LogP contribution in [0.5, 0.6) is 0 Å². The fourth-order valence-corrected chi connectivity index (χ4v) is 8.83. The van der Waals surface area contributed by atoms with E-state index in [1.807, 2.05) is 33.8 Å². The molecule has 10 rings (SSSR count). The molecule has 0 bridgehead atoms. The summed E-state index contributed by atoms with van der Waals surface area (Å²) in [6.45, 7) is 7.76. The Balaban J connectivity index is 0.000000138. The quantitative estimate of drug-likeness (QED) is 0.133. The summed E-state index contributed by atoms with van der Waals surface area (Å²) in [5.74, 6) is 5.48. The number of nitrogens with one attached hydrogen (secondary N) is 2. The number of H-pyrrole nitrogens is 2. The lowest BCUT2D eigenvalue weighted by Crippen LogP contribution is -2.12. The van der Waals surface area contributed by atoms with E-state index in [-0.39, 0.29) is 11.7 Å². The topological polar surface area (TPSA) is 147 Å². The summed E-state index contributed by atoms with van der Waals surface area (Å²) in [5, 5.41) is 19.3. The van der Waals surface area contributed by atoms with E-state index in [9.17, 15) is 9.90 Å². The van der Waals surface area contributed by atoms with Gasteiger partial charge in [0.1, 0.15) is 23.2 Å². The van der Waals surface area contributed by atoms with Crippen molar-refractivity contribution >= 4 is 27.9 Å². The Morgan fingerprint density at radius 2 is 1.19 bits per heavy atom. The number of benzene rings is 2. The maximum atomic E-state index is 13.3. The minimum absolute atomic E-state index is 0.138. The minimum Gasteiger partial charge on any atom is -0.388 e. The van der Waals surface area contributed by atoms with E-state index in [1.165, 1.54) is 38.5 Å². The number of imidazole rings is 2. The molecule has 1 atom stereocenters. The maximum Gasteiger partial charge on any atom is 0.168 e. The van der Waals surface area contributed by atoms with Crippen LogP contribution in [-0.4, -0.2) is 41.1 Å². The van der Waals surface area contributed by atoms with Crippen LogP contribution in [0.15, 0.2) is 33.3 Å². The van der Waals surface area contributed by atoms with Gasteiger partial charge in [-0.25, -0.2) is 9.97 Å². The average molecular weight is 701 g/mol. The van der Waals surface area contributed by atoms with Gasteiger partial charge >= 0.3 is 0 Å². The number of aromatic amines is 2. The number of aliphatic hydroxyl groups excluding tert-OH is 1. The van der Waals surface area contributed by atoms with Crippen molar-refractivity contribution in [3.63, 3.8) is 0 Å². The highest BCUT2D eigenvalue weighted by molar-refractivity contribution is 6.09. The number of aliphatic hydroxyl groups is 1. The molecule has 0 aliphatic heterocycles. The van der Waals surface area contributed by atoms with Gasteiger partial charge in [0.15, 0.2) is 5.78 Å². The first-order chi connectivity index (χ1) is 25.2. The molecule has 10 heteroatoms. The van der Waals surface area contributed by atoms with Crippen molar-refractivity contribution < 1.29 is 18.9 Å². The number of ketones is 1. The number of rotatable bonds is 8. The Hall–Kier alpha value is -4.57. The monoisotopic (exact) mass is 700 g/mol. The van der Waals surface area contributed by atoms with Crippen molar-refractivity contribution in [2.24, 2.45) is 11.8 Å². The third kappa shape index (κ3) is 6.08. The molecule has 4 fully saturated rings. The van der Waals surface area contributed by atoms with Gasteiger partial charge in [0, 0.05) is 40.0 Å². The zero-order chi connectivity index (χ0) is 35.7. The van der Waals surface area contributed by atoms with Crippen molar-refractivity contribution in [1.82, 2.24) is 30.2 Å². The predicted octanol–water partition coefficient (Wildman–Crippen LogP) is 10.0. The number of fused-ring (bicyclic) bond motifs is 2. The largest absolute Gasteiger partial charge is 0.388 e. The van der Waals surface area contributed by atoms with Crippen molar-refractivity contribution in [2.75, 3.05) is 0 Å². The molecule has 0 amide bonds. The van der Waals surface area contributed by atoms with E-state index in [2.05, 4.69) is 38.5 Å². The zero-order valence-corrected chi connectivity index (χ0v) is 30.6. The second-order valence-electron chi connectivity index (χ2n) is 15.9. The van der Waals surface area contributed by atoms with Gasteiger partial charge in [-0.2, -0.15) is 0 Å². The molecular formula is C42H48N6O4. The van der Waals surface area contributed by atoms with E-state index in [4.69, 9.17) is 19.0 Å². The SMILES string of the molecule is Cc1noc(C)c1-c1cc(C(=O)C2CCCC2)c2nc(C3CC3)[nH]c2c1.Cc1noc(C)c1-c1cc(C(O)C2CCCC2)c2nc(C3CC3)[nH]c2c1. The van der Waals surface area contributed by atoms with Gasteiger partial charge in [-0.05, 0) is 120 Å². The maximum absolute atomic E-state index is 13.3. The zero-order valence-electron chi connectivity index (χ0n) is 30.6. The van der Waals surface area contributed by atoms with Crippen LogP contribution in [0, 0.1) is 39.5 Å². The number of hydrogen-bond acceptors (Lipinski definition) is 8. The van der Waals surface area contributed by atoms with Crippen LogP contribution >= 0.6 is 0 Å². The smallest absolute Gasteiger partial charge is 0.168 e. The lowest BCUT2D eigenvalue weighted by atomic mass is 9.91. The molecule has 3 N–H and O–H groups in total. The molecule has 270 valence electrons. The van der Waals surface area contributed by atoms with Gasteiger partial charge < -0.3 is 24.1 Å². The molecule has 1 unspecified atom stereocenters. The Labute approximate surface area is 303 Å². The van der Waals surface area contributed by atoms with Gasteiger partial charge in [0.2, 0.25) is 0 Å². The van der Waals surface area contributed by atoms with E-state index in [1.54, 1.807) is 0 Å². The number of aromatic nitrogens is 6.